The van der Waals surface area contributed by atoms with Gasteiger partial charge in [-0.05, 0) is 42.1 Å². The Morgan fingerprint density at radius 2 is 1.44 bits per heavy atom. The Balaban J connectivity index is 1.64. The summed E-state index contributed by atoms with van der Waals surface area (Å²) in [5.41, 5.74) is 1.02. The van der Waals surface area contributed by atoms with E-state index in [2.05, 4.69) is 27.9 Å². The number of phosphoric ester groups is 1. The van der Waals surface area contributed by atoms with Crippen LogP contribution in [-0.4, -0.2) is 90.3 Å². The first kappa shape index (κ1) is 50.2. The second-order valence-corrected chi connectivity index (χ2v) is 17.6. The summed E-state index contributed by atoms with van der Waals surface area (Å²) in [4.78, 5) is 36.0. The number of hydrogen-bond donors (Lipinski definition) is 3. The molecule has 2 rings (SSSR count). The van der Waals surface area contributed by atoms with E-state index in [-0.39, 0.29) is 30.1 Å². The maximum absolute atomic E-state index is 12.9. The first-order valence-electron chi connectivity index (χ1n) is 21.5. The second kappa shape index (κ2) is 29.3. The van der Waals surface area contributed by atoms with E-state index in [1.807, 2.05) is 27.2 Å². The molecule has 0 aliphatic heterocycles. The Kier molecular flexibility index (Phi) is 25.8. The first-order chi connectivity index (χ1) is 27.3. The highest BCUT2D eigenvalue weighted by molar-refractivity contribution is 7.45. The van der Waals surface area contributed by atoms with E-state index in [0.717, 1.165) is 70.6 Å². The summed E-state index contributed by atoms with van der Waals surface area (Å²) >= 11 is 0. The van der Waals surface area contributed by atoms with Crippen LogP contribution in [-0.2, 0) is 18.4 Å². The number of anilines is 1. The third-order valence-electron chi connectivity index (χ3n) is 9.98. The largest absolute Gasteiger partial charge is 0.756 e. The highest BCUT2D eigenvalue weighted by atomic mass is 31.2. The minimum Gasteiger partial charge on any atom is -0.756 e. The Morgan fingerprint density at radius 1 is 0.877 bits per heavy atom. The van der Waals surface area contributed by atoms with E-state index in [4.69, 9.17) is 13.7 Å². The van der Waals surface area contributed by atoms with Crippen LogP contribution >= 0.6 is 7.82 Å². The van der Waals surface area contributed by atoms with Crippen LogP contribution in [0.2, 0.25) is 0 Å². The molecule has 0 saturated heterocycles. The molecule has 1 aromatic heterocycles. The smallest absolute Gasteiger partial charge is 0.300 e. The van der Waals surface area contributed by atoms with Gasteiger partial charge in [-0.2, -0.15) is 0 Å². The number of benzene rings is 1. The van der Waals surface area contributed by atoms with Crippen LogP contribution in [0.3, 0.4) is 0 Å². The number of allylic oxidation sites excluding steroid dienone is 1. The summed E-state index contributed by atoms with van der Waals surface area (Å²) in [6.45, 7) is 2.97. The van der Waals surface area contributed by atoms with Crippen LogP contribution in [0.5, 0.6) is 0 Å². The van der Waals surface area contributed by atoms with Gasteiger partial charge in [0.2, 0.25) is 11.4 Å². The van der Waals surface area contributed by atoms with Crippen LogP contribution in [0.15, 0.2) is 28.9 Å². The number of aromatic nitrogens is 2. The summed E-state index contributed by atoms with van der Waals surface area (Å²) in [5, 5.41) is 35.6. The number of unbranched alkanes of at least 4 members (excludes halogenated alkanes) is 19. The molecule has 0 aliphatic rings. The van der Waals surface area contributed by atoms with Gasteiger partial charge in [0, 0.05) is 19.0 Å². The maximum Gasteiger partial charge on any atom is 0.300 e. The maximum atomic E-state index is 12.9. The van der Waals surface area contributed by atoms with Gasteiger partial charge >= 0.3 is 5.69 Å². The van der Waals surface area contributed by atoms with Gasteiger partial charge in [0.1, 0.15) is 13.2 Å². The highest BCUT2D eigenvalue weighted by Gasteiger charge is 2.23. The summed E-state index contributed by atoms with van der Waals surface area (Å²) in [7, 11) is 1.16. The van der Waals surface area contributed by atoms with Crippen LogP contribution < -0.4 is 15.5 Å². The lowest BCUT2D eigenvalue weighted by Crippen LogP contribution is -2.45. The molecule has 1 aromatic carbocycles. The van der Waals surface area contributed by atoms with Gasteiger partial charge in [-0.1, -0.05) is 128 Å². The van der Waals surface area contributed by atoms with Crippen molar-refractivity contribution in [3.63, 3.8) is 0 Å². The predicted molar refractivity (Wildman–Crippen MR) is 224 cm³/mol. The first-order valence-corrected chi connectivity index (χ1v) is 23.0. The average molecular weight is 825 g/mol. The van der Waals surface area contributed by atoms with Gasteiger partial charge in [0.15, 0.2) is 5.52 Å². The minimum absolute atomic E-state index is 0.0291. The number of likely N-dealkylation sites (N-methyl/N-ethyl adjacent to an activating group) is 1. The molecule has 1 unspecified atom stereocenters. The third-order valence-corrected chi connectivity index (χ3v) is 10.9. The zero-order chi connectivity index (χ0) is 41.8. The molecular formula is C41H73N6O9P. The summed E-state index contributed by atoms with van der Waals surface area (Å²) in [6, 6.07) is 2.10. The molecule has 1 amide bonds. The molecular weight excluding hydrogens is 751 g/mol. The van der Waals surface area contributed by atoms with Crippen LogP contribution in [0.25, 0.3) is 11.0 Å². The number of rotatable bonds is 36. The summed E-state index contributed by atoms with van der Waals surface area (Å²) in [6.07, 6.45) is 26.3. The van der Waals surface area contributed by atoms with Gasteiger partial charge in [-0.3, -0.25) is 19.5 Å². The SMILES string of the molecule is CCCCCCCCCCCCC/C=C/[C@@H](O)[C@H](COP(=O)([O-])OCC[N+](C)(C)C)NC(=O)CCCCCCCCCCCNc1ccc([N+](=O)[O-])c2nonc12. The number of nitro groups is 1. The molecule has 57 heavy (non-hydrogen) atoms. The van der Waals surface area contributed by atoms with E-state index >= 15 is 0 Å². The molecule has 0 saturated carbocycles. The fourth-order valence-corrected chi connectivity index (χ4v) is 7.17. The molecule has 1 heterocycles. The number of nitrogens with one attached hydrogen (secondary N) is 2. The van der Waals surface area contributed by atoms with E-state index in [1.54, 1.807) is 12.1 Å². The topological polar surface area (TPSA) is 202 Å². The van der Waals surface area contributed by atoms with Crippen molar-refractivity contribution in [2.75, 3.05) is 52.8 Å². The van der Waals surface area contributed by atoms with Crippen LogP contribution in [0, 0.1) is 10.1 Å². The van der Waals surface area contributed by atoms with Crippen molar-refractivity contribution >= 4 is 36.1 Å². The quantitative estimate of drug-likeness (QED) is 0.0147. The number of aliphatic hydroxyl groups is 1. The van der Waals surface area contributed by atoms with Gasteiger partial charge in [0.25, 0.3) is 7.82 Å². The van der Waals surface area contributed by atoms with Gasteiger partial charge in [-0.25, -0.2) is 4.63 Å². The predicted octanol–water partition coefficient (Wildman–Crippen LogP) is 8.75. The van der Waals surface area contributed by atoms with Gasteiger partial charge in [-0.15, -0.1) is 0 Å². The van der Waals surface area contributed by atoms with Crippen LogP contribution in [0.1, 0.15) is 148 Å². The van der Waals surface area contributed by atoms with E-state index < -0.39 is 31.5 Å². The third kappa shape index (κ3) is 23.9. The Morgan fingerprint density at radius 3 is 2.04 bits per heavy atom. The molecule has 0 bridgehead atoms. The molecule has 16 heteroatoms. The van der Waals surface area contributed by atoms with Crippen molar-refractivity contribution in [1.82, 2.24) is 15.6 Å². The number of quaternary nitrogens is 1. The standard InChI is InChI=1S/C41H73N6O9P/c1-5-6-7-8-9-10-11-12-13-15-18-21-24-27-38(48)36(34-55-57(52,53)54-33-32-47(2,3)4)43-39(49)28-25-22-19-16-14-17-20-23-26-31-42-35-29-30-37(46(50)51)41-40(35)44-56-45-41/h24,27,29-30,36,38,48H,5-23,25-26,28,31-34H2,1-4H3,(H2-,42,43,45,49,52,53)/b27-24+/t36-,38+/m0/s1. The Bertz CT molecular complexity index is 1470. The lowest BCUT2D eigenvalue weighted by atomic mass is 10.0. The molecule has 0 radical (unpaired) electrons. The number of nitrogens with zero attached hydrogens (tertiary/aromatic N) is 4. The van der Waals surface area contributed by atoms with Crippen molar-refractivity contribution in [2.45, 2.75) is 160 Å². The molecule has 0 fully saturated rings. The fourth-order valence-electron chi connectivity index (χ4n) is 6.45. The van der Waals surface area contributed by atoms with Gasteiger partial charge in [0.05, 0.1) is 50.5 Å². The second-order valence-electron chi connectivity index (χ2n) is 16.2. The molecule has 15 nitrogen and oxygen atoms in total. The normalized spacial score (nSPS) is 14.2. The average Bonchev–Trinajstić information content (AvgIpc) is 3.65. The number of non-ortho nitro benzene ring substituents is 1. The summed E-state index contributed by atoms with van der Waals surface area (Å²) in [5.74, 6) is -0.254. The van der Waals surface area contributed by atoms with Crippen molar-refractivity contribution in [2.24, 2.45) is 0 Å². The van der Waals surface area contributed by atoms with Crippen molar-refractivity contribution < 1.29 is 42.4 Å². The fraction of sp³-hybridized carbons (Fsp3) is 0.780. The Hall–Kier alpha value is -2.94. The summed E-state index contributed by atoms with van der Waals surface area (Å²) < 4.78 is 27.8. The minimum atomic E-state index is -4.62. The number of carbonyl (C=O) groups excluding carboxylic acids is 1. The van der Waals surface area contributed by atoms with E-state index in [1.165, 1.54) is 63.9 Å². The molecule has 2 aromatic rings. The number of phosphoric acid groups is 1. The zero-order valence-electron chi connectivity index (χ0n) is 35.3. The lowest BCUT2D eigenvalue weighted by molar-refractivity contribution is -0.870. The number of amides is 1. The Labute approximate surface area is 341 Å². The van der Waals surface area contributed by atoms with E-state index in [0.29, 0.717) is 35.2 Å². The number of carbonyl (C=O) groups is 1. The van der Waals surface area contributed by atoms with Gasteiger partial charge < -0.3 is 34.2 Å². The van der Waals surface area contributed by atoms with E-state index in [9.17, 15) is 29.5 Å². The molecule has 0 aliphatic carbocycles. The highest BCUT2D eigenvalue weighted by Crippen LogP contribution is 2.38. The molecule has 3 atom stereocenters. The number of nitro benzene ring substituents is 1. The monoisotopic (exact) mass is 825 g/mol. The molecule has 326 valence electrons. The number of fused-ring (bicyclic) bond motifs is 1. The molecule has 0 spiro atoms. The lowest BCUT2D eigenvalue weighted by Gasteiger charge is -2.29. The van der Waals surface area contributed by atoms with Crippen molar-refractivity contribution in [3.05, 3.63) is 34.4 Å². The number of aliphatic hydroxyl groups excluding tert-OH is 1. The van der Waals surface area contributed by atoms with Crippen molar-refractivity contribution in [1.29, 1.82) is 0 Å². The number of hydrogen-bond acceptors (Lipinski definition) is 12. The van der Waals surface area contributed by atoms with Crippen LogP contribution in [0.4, 0.5) is 11.4 Å². The molecule has 3 N–H and O–H groups in total. The zero-order valence-corrected chi connectivity index (χ0v) is 36.2. The van der Waals surface area contributed by atoms with Crippen molar-refractivity contribution in [3.8, 4) is 0 Å².